The molecular weight excluding hydrogens is 462 g/mol. The van der Waals surface area contributed by atoms with Crippen LogP contribution in [-0.4, -0.2) is 47.2 Å². The lowest BCUT2D eigenvalue weighted by molar-refractivity contribution is -0.143. The summed E-state index contributed by atoms with van der Waals surface area (Å²) < 4.78 is 78.6. The Kier molecular flexibility index (Phi) is 6.20. The maximum atomic E-state index is 13.1. The van der Waals surface area contributed by atoms with Crippen molar-refractivity contribution in [2.24, 2.45) is 0 Å². The van der Waals surface area contributed by atoms with Crippen LogP contribution in [0.5, 0.6) is 0 Å². The van der Waals surface area contributed by atoms with Gasteiger partial charge >= 0.3 is 12.4 Å². The third-order valence-corrected chi connectivity index (χ3v) is 5.45. The molecule has 1 saturated heterocycles. The number of carbonyl (C=O) groups excluding carboxylic acids is 1. The van der Waals surface area contributed by atoms with Crippen molar-refractivity contribution in [3.63, 3.8) is 0 Å². The van der Waals surface area contributed by atoms with E-state index in [-0.39, 0.29) is 19.2 Å². The van der Waals surface area contributed by atoms with Gasteiger partial charge in [-0.3, -0.25) is 4.79 Å². The van der Waals surface area contributed by atoms with Crippen LogP contribution in [0.2, 0.25) is 0 Å². The SMILES string of the molecule is O=C(c1cc(C(F)(F)F)cc(C(F)(F)F)c1)N1CCN(c2ccc(-c3ccccc3)nn2)CC1. The predicted octanol–water partition coefficient (Wildman–Crippen LogP) is 5.14. The van der Waals surface area contributed by atoms with E-state index in [1.165, 1.54) is 4.90 Å². The molecule has 3 aromatic rings. The van der Waals surface area contributed by atoms with E-state index in [9.17, 15) is 31.1 Å². The summed E-state index contributed by atoms with van der Waals surface area (Å²) in [6, 6.07) is 13.9. The molecule has 0 unspecified atom stereocenters. The standard InChI is InChI=1S/C23H18F6N4O/c24-22(25,26)17-12-16(13-18(14-17)23(27,28)29)21(34)33-10-8-32(9-11-33)20-7-6-19(30-31-20)15-4-2-1-3-5-15/h1-7,12-14H,8-11H2. The molecule has 1 aliphatic heterocycles. The Morgan fingerprint density at radius 1 is 0.735 bits per heavy atom. The zero-order chi connectivity index (χ0) is 24.5. The molecule has 0 atom stereocenters. The average molecular weight is 480 g/mol. The first-order chi connectivity index (χ1) is 16.0. The van der Waals surface area contributed by atoms with E-state index in [0.717, 1.165) is 5.56 Å². The maximum absolute atomic E-state index is 13.1. The van der Waals surface area contributed by atoms with Crippen molar-refractivity contribution < 1.29 is 31.1 Å². The third-order valence-electron chi connectivity index (χ3n) is 5.45. The van der Waals surface area contributed by atoms with Crippen molar-refractivity contribution in [3.8, 4) is 11.3 Å². The van der Waals surface area contributed by atoms with Crippen LogP contribution < -0.4 is 4.90 Å². The Balaban J connectivity index is 1.47. The molecule has 34 heavy (non-hydrogen) atoms. The van der Waals surface area contributed by atoms with Gasteiger partial charge in [-0.05, 0) is 30.3 Å². The van der Waals surface area contributed by atoms with E-state index in [1.807, 2.05) is 35.2 Å². The van der Waals surface area contributed by atoms with Gasteiger partial charge in [0, 0.05) is 37.3 Å². The minimum atomic E-state index is -5.01. The number of hydrogen-bond acceptors (Lipinski definition) is 4. The quantitative estimate of drug-likeness (QED) is 0.487. The van der Waals surface area contributed by atoms with Gasteiger partial charge in [-0.25, -0.2) is 0 Å². The molecule has 0 saturated carbocycles. The van der Waals surface area contributed by atoms with Crippen molar-refractivity contribution in [2.75, 3.05) is 31.1 Å². The first kappa shape index (κ1) is 23.5. The lowest BCUT2D eigenvalue weighted by Gasteiger charge is -2.35. The zero-order valence-corrected chi connectivity index (χ0v) is 17.6. The monoisotopic (exact) mass is 480 g/mol. The number of rotatable bonds is 3. The second-order valence-corrected chi connectivity index (χ2v) is 7.72. The molecule has 0 aliphatic carbocycles. The first-order valence-corrected chi connectivity index (χ1v) is 10.3. The Labute approximate surface area is 190 Å². The highest BCUT2D eigenvalue weighted by molar-refractivity contribution is 5.95. The van der Waals surface area contributed by atoms with Crippen LogP contribution in [0.3, 0.4) is 0 Å². The summed E-state index contributed by atoms with van der Waals surface area (Å²) in [5.74, 6) is -0.327. The molecule has 0 N–H and O–H groups in total. The lowest BCUT2D eigenvalue weighted by Crippen LogP contribution is -2.49. The van der Waals surface area contributed by atoms with Crippen LogP contribution in [0.15, 0.2) is 60.7 Å². The van der Waals surface area contributed by atoms with Crippen molar-refractivity contribution in [1.82, 2.24) is 15.1 Å². The second kappa shape index (κ2) is 8.96. The van der Waals surface area contributed by atoms with Gasteiger partial charge in [0.1, 0.15) is 0 Å². The Morgan fingerprint density at radius 3 is 1.82 bits per heavy atom. The van der Waals surface area contributed by atoms with Crippen LogP contribution >= 0.6 is 0 Å². The summed E-state index contributed by atoms with van der Waals surface area (Å²) >= 11 is 0. The molecule has 2 aromatic carbocycles. The molecule has 1 aromatic heterocycles. The average Bonchev–Trinajstić information content (AvgIpc) is 2.83. The van der Waals surface area contributed by atoms with Crippen molar-refractivity contribution in [2.45, 2.75) is 12.4 Å². The minimum Gasteiger partial charge on any atom is -0.352 e. The van der Waals surface area contributed by atoms with Crippen molar-refractivity contribution >= 4 is 11.7 Å². The number of benzene rings is 2. The fourth-order valence-corrected chi connectivity index (χ4v) is 3.66. The summed E-state index contributed by atoms with van der Waals surface area (Å²) in [6.07, 6.45) is -10.0. The summed E-state index contributed by atoms with van der Waals surface area (Å²) in [4.78, 5) is 15.8. The van der Waals surface area contributed by atoms with Gasteiger partial charge in [0.05, 0.1) is 16.8 Å². The van der Waals surface area contributed by atoms with E-state index in [4.69, 9.17) is 0 Å². The predicted molar refractivity (Wildman–Crippen MR) is 112 cm³/mol. The van der Waals surface area contributed by atoms with Gasteiger partial charge in [-0.1, -0.05) is 30.3 Å². The van der Waals surface area contributed by atoms with Gasteiger partial charge in [0.15, 0.2) is 5.82 Å². The number of piperazine rings is 1. The number of alkyl halides is 6. The molecule has 4 rings (SSSR count). The number of aromatic nitrogens is 2. The number of nitrogens with zero attached hydrogens (tertiary/aromatic N) is 4. The summed E-state index contributed by atoms with van der Waals surface area (Å²) in [6.45, 7) is 0.823. The van der Waals surface area contributed by atoms with Gasteiger partial charge in [0.2, 0.25) is 0 Å². The van der Waals surface area contributed by atoms with Crippen LogP contribution in [0, 0.1) is 0 Å². The molecule has 0 bridgehead atoms. The Hall–Kier alpha value is -3.63. The fraction of sp³-hybridized carbons (Fsp3) is 0.261. The van der Waals surface area contributed by atoms with Crippen LogP contribution in [0.1, 0.15) is 21.5 Å². The molecule has 0 spiro atoms. The Morgan fingerprint density at radius 2 is 1.32 bits per heavy atom. The molecule has 1 aliphatic rings. The maximum Gasteiger partial charge on any atom is 0.416 e. The van der Waals surface area contributed by atoms with Gasteiger partial charge < -0.3 is 9.80 Å². The fourth-order valence-electron chi connectivity index (χ4n) is 3.66. The molecule has 0 radical (unpaired) electrons. The van der Waals surface area contributed by atoms with E-state index < -0.39 is 35.0 Å². The molecule has 178 valence electrons. The Bertz CT molecular complexity index is 1120. The van der Waals surface area contributed by atoms with E-state index in [1.54, 1.807) is 12.1 Å². The molecule has 1 fully saturated rings. The molecular formula is C23H18F6N4O. The smallest absolute Gasteiger partial charge is 0.352 e. The normalized spacial score (nSPS) is 14.9. The zero-order valence-electron chi connectivity index (χ0n) is 17.6. The molecule has 5 nitrogen and oxygen atoms in total. The van der Waals surface area contributed by atoms with E-state index >= 15 is 0 Å². The largest absolute Gasteiger partial charge is 0.416 e. The highest BCUT2D eigenvalue weighted by Crippen LogP contribution is 2.36. The summed E-state index contributed by atoms with van der Waals surface area (Å²) in [7, 11) is 0. The summed E-state index contributed by atoms with van der Waals surface area (Å²) in [5.41, 5.74) is -2.10. The number of hydrogen-bond donors (Lipinski definition) is 0. The van der Waals surface area contributed by atoms with Gasteiger partial charge in [-0.2, -0.15) is 26.3 Å². The highest BCUT2D eigenvalue weighted by Gasteiger charge is 2.38. The highest BCUT2D eigenvalue weighted by atomic mass is 19.4. The van der Waals surface area contributed by atoms with E-state index in [2.05, 4.69) is 10.2 Å². The van der Waals surface area contributed by atoms with Crippen LogP contribution in [0.4, 0.5) is 32.2 Å². The molecule has 1 amide bonds. The van der Waals surface area contributed by atoms with Crippen LogP contribution in [-0.2, 0) is 12.4 Å². The minimum absolute atomic E-state index is 0.00644. The number of halogens is 6. The van der Waals surface area contributed by atoms with Crippen LogP contribution in [0.25, 0.3) is 11.3 Å². The summed E-state index contributed by atoms with van der Waals surface area (Å²) in [5, 5.41) is 8.41. The first-order valence-electron chi connectivity index (χ1n) is 10.3. The second-order valence-electron chi connectivity index (χ2n) is 7.72. The molecule has 11 heteroatoms. The molecule has 2 heterocycles. The third kappa shape index (κ3) is 5.13. The number of anilines is 1. The number of carbonyl (C=O) groups is 1. The lowest BCUT2D eigenvalue weighted by atomic mass is 10.0. The van der Waals surface area contributed by atoms with Gasteiger partial charge in [-0.15, -0.1) is 10.2 Å². The van der Waals surface area contributed by atoms with E-state index in [0.29, 0.717) is 36.7 Å². The number of amides is 1. The topological polar surface area (TPSA) is 49.3 Å². The van der Waals surface area contributed by atoms with Gasteiger partial charge in [0.25, 0.3) is 5.91 Å². The van der Waals surface area contributed by atoms with Crippen molar-refractivity contribution in [3.05, 3.63) is 77.4 Å². The van der Waals surface area contributed by atoms with Crippen molar-refractivity contribution in [1.29, 1.82) is 0 Å².